The summed E-state index contributed by atoms with van der Waals surface area (Å²) in [6.07, 6.45) is 6.89. The van der Waals surface area contributed by atoms with E-state index in [4.69, 9.17) is 4.74 Å². The van der Waals surface area contributed by atoms with E-state index < -0.39 is 0 Å². The van der Waals surface area contributed by atoms with Crippen molar-refractivity contribution in [3.8, 4) is 0 Å². The van der Waals surface area contributed by atoms with E-state index in [2.05, 4.69) is 4.74 Å². The van der Waals surface area contributed by atoms with Crippen molar-refractivity contribution < 1.29 is 9.47 Å². The number of benzene rings is 1. The molecule has 1 saturated heterocycles. The Labute approximate surface area is 119 Å². The van der Waals surface area contributed by atoms with Crippen LogP contribution in [0, 0.1) is 0 Å². The molecular formula is C17H30O2. The second-order valence-electron chi connectivity index (χ2n) is 4.23. The summed E-state index contributed by atoms with van der Waals surface area (Å²) < 4.78 is 9.82. The predicted octanol–water partition coefficient (Wildman–Crippen LogP) is 4.69. The Bertz CT molecular complexity index is 223. The topological polar surface area (TPSA) is 21.8 Å². The van der Waals surface area contributed by atoms with Gasteiger partial charge in [0.1, 0.15) is 0 Å². The first-order valence-corrected chi connectivity index (χ1v) is 7.53. The minimum absolute atomic E-state index is 0.703. The summed E-state index contributed by atoms with van der Waals surface area (Å²) in [5.41, 5.74) is 0. The Hall–Kier alpha value is -0.860. The normalized spacial score (nSPS) is 22.1. The van der Waals surface area contributed by atoms with Gasteiger partial charge < -0.3 is 9.47 Å². The van der Waals surface area contributed by atoms with Gasteiger partial charge in [-0.2, -0.15) is 0 Å². The molecule has 2 fully saturated rings. The first kappa shape index (κ1) is 18.1. The first-order chi connectivity index (χ1) is 9.38. The van der Waals surface area contributed by atoms with Crippen LogP contribution in [0.2, 0.25) is 0 Å². The summed E-state index contributed by atoms with van der Waals surface area (Å²) in [7, 11) is 1.68. The summed E-state index contributed by atoms with van der Waals surface area (Å²) in [5, 5.41) is 0. The lowest BCUT2D eigenvalue weighted by Gasteiger charge is -2.00. The van der Waals surface area contributed by atoms with Crippen LogP contribution in [0.25, 0.3) is 0 Å². The standard InChI is InChI=1S/C6H10O.C6H6.C3H8O.C2H6/c1-2-4-6-5(3-1)7-6;1-2-4-6-5-3-1;1-3-4-2;1-2/h5-6H,1-4H2;1-6H;3H2,1-2H3;1-2H3. The third kappa shape index (κ3) is 10.7. The van der Waals surface area contributed by atoms with Crippen molar-refractivity contribution in [2.24, 2.45) is 0 Å². The van der Waals surface area contributed by atoms with Gasteiger partial charge in [-0.1, -0.05) is 63.1 Å². The maximum absolute atomic E-state index is 5.28. The molecule has 0 radical (unpaired) electrons. The monoisotopic (exact) mass is 266 g/mol. The van der Waals surface area contributed by atoms with E-state index in [0.29, 0.717) is 12.2 Å². The number of methoxy groups -OCH3 is 1. The molecule has 2 heteroatoms. The fraction of sp³-hybridized carbons (Fsp3) is 0.647. The Kier molecular flexibility index (Phi) is 13.0. The smallest absolute Gasteiger partial charge is 0.0841 e. The zero-order chi connectivity index (χ0) is 14.3. The Morgan fingerprint density at radius 3 is 1.42 bits per heavy atom. The Morgan fingerprint density at radius 2 is 1.21 bits per heavy atom. The molecule has 2 aliphatic rings. The molecule has 110 valence electrons. The molecule has 0 spiro atoms. The summed E-state index contributed by atoms with van der Waals surface area (Å²) in [4.78, 5) is 0. The lowest BCUT2D eigenvalue weighted by Crippen LogP contribution is -2.00. The number of epoxide rings is 1. The van der Waals surface area contributed by atoms with Crippen molar-refractivity contribution in [2.45, 2.75) is 58.7 Å². The number of hydrogen-bond donors (Lipinski definition) is 0. The van der Waals surface area contributed by atoms with E-state index >= 15 is 0 Å². The second-order valence-corrected chi connectivity index (χ2v) is 4.23. The number of ether oxygens (including phenoxy) is 2. The van der Waals surface area contributed by atoms with E-state index in [1.165, 1.54) is 25.7 Å². The quantitative estimate of drug-likeness (QED) is 0.688. The maximum atomic E-state index is 5.28. The van der Waals surface area contributed by atoms with Gasteiger partial charge in [-0.15, -0.1) is 0 Å². The molecule has 0 amide bonds. The first-order valence-electron chi connectivity index (χ1n) is 7.53. The molecule has 1 heterocycles. The van der Waals surface area contributed by atoms with Crippen molar-refractivity contribution in [1.82, 2.24) is 0 Å². The zero-order valence-electron chi connectivity index (χ0n) is 13.0. The van der Waals surface area contributed by atoms with Crippen LogP contribution in [0.3, 0.4) is 0 Å². The lowest BCUT2D eigenvalue weighted by molar-refractivity contribution is 0.215. The molecule has 2 nitrogen and oxygen atoms in total. The molecule has 1 aliphatic heterocycles. The van der Waals surface area contributed by atoms with Crippen LogP contribution in [-0.4, -0.2) is 25.9 Å². The van der Waals surface area contributed by atoms with E-state index in [0.717, 1.165) is 6.61 Å². The molecule has 0 N–H and O–H groups in total. The van der Waals surface area contributed by atoms with Gasteiger partial charge in [-0.05, 0) is 19.8 Å². The fourth-order valence-electron chi connectivity index (χ4n) is 1.76. The highest BCUT2D eigenvalue weighted by Crippen LogP contribution is 2.35. The van der Waals surface area contributed by atoms with Gasteiger partial charge in [-0.25, -0.2) is 0 Å². The SMILES string of the molecule is C1CCC2OC2C1.CC.CCOC.c1ccccc1. The molecule has 2 atom stereocenters. The van der Waals surface area contributed by atoms with Gasteiger partial charge in [0.15, 0.2) is 0 Å². The van der Waals surface area contributed by atoms with Crippen molar-refractivity contribution >= 4 is 0 Å². The largest absolute Gasteiger partial charge is 0.385 e. The average Bonchev–Trinajstić information content (AvgIpc) is 3.31. The molecule has 1 saturated carbocycles. The minimum atomic E-state index is 0.703. The highest BCUT2D eigenvalue weighted by Gasteiger charge is 2.39. The van der Waals surface area contributed by atoms with Crippen molar-refractivity contribution in [2.75, 3.05) is 13.7 Å². The Balaban J connectivity index is 0.000000250. The molecule has 1 aliphatic carbocycles. The minimum Gasteiger partial charge on any atom is -0.385 e. The van der Waals surface area contributed by atoms with E-state index in [1.807, 2.05) is 57.2 Å². The zero-order valence-corrected chi connectivity index (χ0v) is 13.0. The van der Waals surface area contributed by atoms with Crippen LogP contribution >= 0.6 is 0 Å². The van der Waals surface area contributed by atoms with Gasteiger partial charge in [0.05, 0.1) is 12.2 Å². The highest BCUT2D eigenvalue weighted by atomic mass is 16.6. The van der Waals surface area contributed by atoms with Gasteiger partial charge in [0, 0.05) is 13.7 Å². The molecular weight excluding hydrogens is 236 g/mol. The van der Waals surface area contributed by atoms with Crippen molar-refractivity contribution in [1.29, 1.82) is 0 Å². The third-order valence-corrected chi connectivity index (χ3v) is 2.87. The predicted molar refractivity (Wildman–Crippen MR) is 82.5 cm³/mol. The van der Waals surface area contributed by atoms with Crippen LogP contribution in [-0.2, 0) is 9.47 Å². The number of rotatable bonds is 1. The van der Waals surface area contributed by atoms with Crippen LogP contribution in [0.1, 0.15) is 46.5 Å². The van der Waals surface area contributed by atoms with Gasteiger partial charge in [0.25, 0.3) is 0 Å². The molecule has 1 aromatic carbocycles. The fourth-order valence-corrected chi connectivity index (χ4v) is 1.76. The van der Waals surface area contributed by atoms with Crippen LogP contribution < -0.4 is 0 Å². The van der Waals surface area contributed by atoms with Crippen LogP contribution in [0.15, 0.2) is 36.4 Å². The van der Waals surface area contributed by atoms with Crippen LogP contribution in [0.5, 0.6) is 0 Å². The van der Waals surface area contributed by atoms with Gasteiger partial charge >= 0.3 is 0 Å². The van der Waals surface area contributed by atoms with Gasteiger partial charge in [0.2, 0.25) is 0 Å². The third-order valence-electron chi connectivity index (χ3n) is 2.87. The van der Waals surface area contributed by atoms with E-state index in [9.17, 15) is 0 Å². The molecule has 19 heavy (non-hydrogen) atoms. The van der Waals surface area contributed by atoms with Crippen molar-refractivity contribution in [3.63, 3.8) is 0 Å². The van der Waals surface area contributed by atoms with Gasteiger partial charge in [-0.3, -0.25) is 0 Å². The average molecular weight is 266 g/mol. The number of hydrogen-bond acceptors (Lipinski definition) is 2. The molecule has 2 unspecified atom stereocenters. The second kappa shape index (κ2) is 13.6. The van der Waals surface area contributed by atoms with E-state index in [-0.39, 0.29) is 0 Å². The molecule has 0 aromatic heterocycles. The molecule has 3 rings (SSSR count). The summed E-state index contributed by atoms with van der Waals surface area (Å²) >= 11 is 0. The molecule has 1 aromatic rings. The summed E-state index contributed by atoms with van der Waals surface area (Å²) in [6.45, 7) is 6.78. The van der Waals surface area contributed by atoms with E-state index in [1.54, 1.807) is 7.11 Å². The maximum Gasteiger partial charge on any atom is 0.0841 e. The van der Waals surface area contributed by atoms with Crippen LogP contribution in [0.4, 0.5) is 0 Å². The highest BCUT2D eigenvalue weighted by molar-refractivity contribution is 4.99. The van der Waals surface area contributed by atoms with Crippen molar-refractivity contribution in [3.05, 3.63) is 36.4 Å². The molecule has 0 bridgehead atoms. The number of fused-ring (bicyclic) bond motifs is 1. The lowest BCUT2D eigenvalue weighted by atomic mass is 10.0. The Morgan fingerprint density at radius 1 is 0.895 bits per heavy atom. The summed E-state index contributed by atoms with van der Waals surface area (Å²) in [5.74, 6) is 0. The summed E-state index contributed by atoms with van der Waals surface area (Å²) in [6, 6.07) is 12.0.